The zero-order chi connectivity index (χ0) is 18.9. The quantitative estimate of drug-likeness (QED) is 0.653. The van der Waals surface area contributed by atoms with E-state index in [0.29, 0.717) is 43.3 Å². The van der Waals surface area contributed by atoms with E-state index in [-0.39, 0.29) is 5.92 Å². The molecule has 0 saturated carbocycles. The van der Waals surface area contributed by atoms with Crippen LogP contribution < -0.4 is 14.8 Å². The third-order valence-corrected chi connectivity index (χ3v) is 4.40. The fourth-order valence-electron chi connectivity index (χ4n) is 2.89. The monoisotopic (exact) mass is 365 g/mol. The summed E-state index contributed by atoms with van der Waals surface area (Å²) in [5.41, 5.74) is 0.327. The van der Waals surface area contributed by atoms with Crippen molar-refractivity contribution in [3.05, 3.63) is 23.8 Å². The molecule has 7 heteroatoms. The highest BCUT2D eigenvalue weighted by Gasteiger charge is 2.31. The predicted octanol–water partition coefficient (Wildman–Crippen LogP) is 2.48. The van der Waals surface area contributed by atoms with Crippen molar-refractivity contribution in [1.29, 1.82) is 0 Å². The van der Waals surface area contributed by atoms with Crippen LogP contribution in [-0.4, -0.2) is 50.0 Å². The molecule has 7 nitrogen and oxygen atoms in total. The van der Waals surface area contributed by atoms with Gasteiger partial charge in [0.25, 0.3) is 5.91 Å². The number of nitrogens with one attached hydrogen (secondary N) is 1. The summed E-state index contributed by atoms with van der Waals surface area (Å²) in [4.78, 5) is 24.1. The number of carbonyl (C=O) groups excluding carboxylic acids is 1. The van der Waals surface area contributed by atoms with Crippen LogP contribution in [0.5, 0.6) is 11.5 Å². The van der Waals surface area contributed by atoms with Gasteiger partial charge in [0.05, 0.1) is 20.3 Å². The summed E-state index contributed by atoms with van der Waals surface area (Å²) in [6, 6.07) is 3.86. The number of carboxylic acids is 1. The number of hydrogen-bond acceptors (Lipinski definition) is 5. The lowest BCUT2D eigenvalue weighted by atomic mass is 9.93. The van der Waals surface area contributed by atoms with Gasteiger partial charge in [-0.15, -0.1) is 0 Å². The summed E-state index contributed by atoms with van der Waals surface area (Å²) < 4.78 is 16.3. The van der Waals surface area contributed by atoms with Gasteiger partial charge in [-0.3, -0.25) is 4.79 Å². The first-order valence-electron chi connectivity index (χ1n) is 8.99. The standard InChI is InChI=1S/C19H27NO6/c1-3-4-10-26-15-8-7-13(11-16(15)24-2)18(21)20-17(19(22)23)14-6-5-9-25-12-14/h7-8,11,14,17H,3-6,9-10,12H2,1-2H3,(H,20,21)(H,22,23). The van der Waals surface area contributed by atoms with E-state index in [1.165, 1.54) is 7.11 Å². The van der Waals surface area contributed by atoms with Crippen molar-refractivity contribution in [2.75, 3.05) is 26.9 Å². The molecule has 0 aromatic heterocycles. The lowest BCUT2D eigenvalue weighted by molar-refractivity contribution is -0.142. The van der Waals surface area contributed by atoms with Crippen molar-refractivity contribution in [2.45, 2.75) is 38.6 Å². The minimum Gasteiger partial charge on any atom is -0.493 e. The van der Waals surface area contributed by atoms with Gasteiger partial charge in [0, 0.05) is 18.1 Å². The minimum absolute atomic E-state index is 0.233. The molecular weight excluding hydrogens is 338 g/mol. The molecular formula is C19H27NO6. The summed E-state index contributed by atoms with van der Waals surface area (Å²) in [6.45, 7) is 3.61. The van der Waals surface area contributed by atoms with Crippen LogP contribution in [-0.2, 0) is 9.53 Å². The van der Waals surface area contributed by atoms with Crippen LogP contribution >= 0.6 is 0 Å². The molecule has 26 heavy (non-hydrogen) atoms. The van der Waals surface area contributed by atoms with E-state index in [9.17, 15) is 14.7 Å². The second-order valence-electron chi connectivity index (χ2n) is 6.33. The fraction of sp³-hybridized carbons (Fsp3) is 0.579. The van der Waals surface area contributed by atoms with Crippen LogP contribution in [0.3, 0.4) is 0 Å². The fourth-order valence-corrected chi connectivity index (χ4v) is 2.89. The van der Waals surface area contributed by atoms with Crippen molar-refractivity contribution < 1.29 is 28.9 Å². The highest BCUT2D eigenvalue weighted by molar-refractivity contribution is 5.97. The van der Waals surface area contributed by atoms with Gasteiger partial charge < -0.3 is 24.6 Å². The van der Waals surface area contributed by atoms with Crippen LogP contribution in [0.15, 0.2) is 18.2 Å². The molecule has 144 valence electrons. The number of benzene rings is 1. The van der Waals surface area contributed by atoms with Crippen LogP contribution in [0.1, 0.15) is 43.0 Å². The van der Waals surface area contributed by atoms with Crippen molar-refractivity contribution in [2.24, 2.45) is 5.92 Å². The van der Waals surface area contributed by atoms with Crippen LogP contribution in [0.25, 0.3) is 0 Å². The molecule has 0 bridgehead atoms. The van der Waals surface area contributed by atoms with Crippen LogP contribution in [0, 0.1) is 5.92 Å². The molecule has 1 heterocycles. The van der Waals surface area contributed by atoms with Gasteiger partial charge in [-0.05, 0) is 37.5 Å². The largest absolute Gasteiger partial charge is 0.493 e. The number of carboxylic acid groups (broad SMARTS) is 1. The summed E-state index contributed by atoms with van der Waals surface area (Å²) in [7, 11) is 1.50. The maximum absolute atomic E-state index is 12.5. The van der Waals surface area contributed by atoms with Crippen molar-refractivity contribution in [3.8, 4) is 11.5 Å². The van der Waals surface area contributed by atoms with Crippen LogP contribution in [0.4, 0.5) is 0 Å². The highest BCUT2D eigenvalue weighted by atomic mass is 16.5. The van der Waals surface area contributed by atoms with E-state index in [4.69, 9.17) is 14.2 Å². The Hall–Kier alpha value is -2.28. The molecule has 2 atom stereocenters. The van der Waals surface area contributed by atoms with Gasteiger partial charge in [-0.2, -0.15) is 0 Å². The number of unbranched alkanes of at least 4 members (excludes halogenated alkanes) is 1. The Kier molecular flexibility index (Phi) is 7.72. The predicted molar refractivity (Wildman–Crippen MR) is 95.8 cm³/mol. The molecule has 0 radical (unpaired) electrons. The maximum atomic E-state index is 12.5. The lowest BCUT2D eigenvalue weighted by Crippen LogP contribution is -2.48. The van der Waals surface area contributed by atoms with E-state index >= 15 is 0 Å². The topological polar surface area (TPSA) is 94.1 Å². The highest BCUT2D eigenvalue weighted by Crippen LogP contribution is 2.28. The average Bonchev–Trinajstić information content (AvgIpc) is 2.66. The molecule has 0 aliphatic carbocycles. The molecule has 1 aromatic rings. The Bertz CT molecular complexity index is 612. The van der Waals surface area contributed by atoms with E-state index in [0.717, 1.165) is 19.3 Å². The molecule has 1 fully saturated rings. The van der Waals surface area contributed by atoms with Crippen molar-refractivity contribution >= 4 is 11.9 Å². The number of amides is 1. The molecule has 2 unspecified atom stereocenters. The van der Waals surface area contributed by atoms with E-state index < -0.39 is 17.9 Å². The van der Waals surface area contributed by atoms with Crippen molar-refractivity contribution in [3.63, 3.8) is 0 Å². The first kappa shape index (κ1) is 20.0. The number of aliphatic carboxylic acids is 1. The van der Waals surface area contributed by atoms with Gasteiger partial charge in [-0.25, -0.2) is 4.79 Å². The Morgan fingerprint density at radius 3 is 2.81 bits per heavy atom. The van der Waals surface area contributed by atoms with Gasteiger partial charge in [0.15, 0.2) is 11.5 Å². The molecule has 1 aromatic carbocycles. The molecule has 2 N–H and O–H groups in total. The SMILES string of the molecule is CCCCOc1ccc(C(=O)NC(C(=O)O)C2CCCOC2)cc1OC. The Balaban J connectivity index is 2.08. The number of carbonyl (C=O) groups is 2. The lowest BCUT2D eigenvalue weighted by Gasteiger charge is -2.28. The number of methoxy groups -OCH3 is 1. The smallest absolute Gasteiger partial charge is 0.326 e. The molecule has 1 aliphatic heterocycles. The average molecular weight is 365 g/mol. The third-order valence-electron chi connectivity index (χ3n) is 4.40. The molecule has 1 amide bonds. The first-order valence-corrected chi connectivity index (χ1v) is 8.99. The Morgan fingerprint density at radius 1 is 1.38 bits per heavy atom. The second kappa shape index (κ2) is 10.0. The van der Waals surface area contributed by atoms with E-state index in [1.54, 1.807) is 18.2 Å². The molecule has 1 aliphatic rings. The minimum atomic E-state index is -1.06. The molecule has 2 rings (SSSR count). The zero-order valence-corrected chi connectivity index (χ0v) is 15.3. The zero-order valence-electron chi connectivity index (χ0n) is 15.3. The number of ether oxygens (including phenoxy) is 3. The Labute approximate surface area is 153 Å². The summed E-state index contributed by atoms with van der Waals surface area (Å²) in [5.74, 6) is -0.736. The summed E-state index contributed by atoms with van der Waals surface area (Å²) in [6.07, 6.45) is 3.45. The molecule has 1 saturated heterocycles. The van der Waals surface area contributed by atoms with E-state index in [1.807, 2.05) is 0 Å². The van der Waals surface area contributed by atoms with Crippen molar-refractivity contribution in [1.82, 2.24) is 5.32 Å². The van der Waals surface area contributed by atoms with E-state index in [2.05, 4.69) is 12.2 Å². The van der Waals surface area contributed by atoms with Crippen LogP contribution in [0.2, 0.25) is 0 Å². The maximum Gasteiger partial charge on any atom is 0.326 e. The van der Waals surface area contributed by atoms with Gasteiger partial charge in [-0.1, -0.05) is 13.3 Å². The number of rotatable bonds is 9. The molecule has 0 spiro atoms. The summed E-state index contributed by atoms with van der Waals surface area (Å²) in [5, 5.41) is 12.1. The summed E-state index contributed by atoms with van der Waals surface area (Å²) >= 11 is 0. The first-order chi connectivity index (χ1) is 12.6. The third kappa shape index (κ3) is 5.36. The van der Waals surface area contributed by atoms with Gasteiger partial charge >= 0.3 is 5.97 Å². The normalized spacial score (nSPS) is 18.0. The van der Waals surface area contributed by atoms with Gasteiger partial charge in [0.1, 0.15) is 6.04 Å². The van der Waals surface area contributed by atoms with Gasteiger partial charge in [0.2, 0.25) is 0 Å². The number of hydrogen-bond donors (Lipinski definition) is 2. The Morgan fingerprint density at radius 2 is 2.19 bits per heavy atom. The second-order valence-corrected chi connectivity index (χ2v) is 6.33.